The molecule has 1 aliphatic heterocycles. The minimum absolute atomic E-state index is 0.0242. The molecule has 0 amide bonds. The third kappa shape index (κ3) is 3.63. The summed E-state index contributed by atoms with van der Waals surface area (Å²) in [6.45, 7) is 3.75. The zero-order valence-corrected chi connectivity index (χ0v) is 13.7. The van der Waals surface area contributed by atoms with Crippen LogP contribution in [0, 0.1) is 6.92 Å². The third-order valence-corrected chi connectivity index (χ3v) is 6.05. The molecule has 0 bridgehead atoms. The molecule has 1 fully saturated rings. The monoisotopic (exact) mass is 312 g/mol. The molecule has 0 atom stereocenters. The fourth-order valence-electron chi connectivity index (χ4n) is 2.64. The van der Waals surface area contributed by atoms with Gasteiger partial charge in [-0.3, -0.25) is 0 Å². The Morgan fingerprint density at radius 1 is 1.33 bits per heavy atom. The number of nitrogens with zero attached hydrogens (tertiary/aromatic N) is 1. The van der Waals surface area contributed by atoms with Crippen LogP contribution in [0.25, 0.3) is 0 Å². The molecule has 5 nitrogen and oxygen atoms in total. The van der Waals surface area contributed by atoms with Gasteiger partial charge in [0.1, 0.15) is 0 Å². The molecule has 6 heteroatoms. The predicted molar refractivity (Wildman–Crippen MR) is 82.7 cm³/mol. The van der Waals surface area contributed by atoms with Gasteiger partial charge < -0.3 is 10.1 Å². The molecule has 118 valence electrons. The van der Waals surface area contributed by atoms with Crippen molar-refractivity contribution in [3.63, 3.8) is 0 Å². The molecule has 0 unspecified atom stereocenters. The summed E-state index contributed by atoms with van der Waals surface area (Å²) >= 11 is 0. The van der Waals surface area contributed by atoms with Gasteiger partial charge in [0.25, 0.3) is 0 Å². The van der Waals surface area contributed by atoms with Crippen molar-refractivity contribution in [2.75, 3.05) is 27.3 Å². The zero-order valence-electron chi connectivity index (χ0n) is 12.9. The second-order valence-electron chi connectivity index (χ2n) is 5.49. The molecule has 1 saturated heterocycles. The first kappa shape index (κ1) is 16.4. The van der Waals surface area contributed by atoms with Crippen LogP contribution in [0.5, 0.6) is 0 Å². The van der Waals surface area contributed by atoms with Crippen LogP contribution in [0.4, 0.5) is 0 Å². The fourth-order valence-corrected chi connectivity index (χ4v) is 4.33. The molecule has 1 aromatic rings. The lowest BCUT2D eigenvalue weighted by molar-refractivity contribution is 0.0632. The Hall–Kier alpha value is -0.950. The Kier molecular flexibility index (Phi) is 5.37. The average Bonchev–Trinajstić information content (AvgIpc) is 2.49. The highest BCUT2D eigenvalue weighted by molar-refractivity contribution is 7.89. The molecular weight excluding hydrogens is 288 g/mol. The number of rotatable bonds is 5. The van der Waals surface area contributed by atoms with Crippen LogP contribution >= 0.6 is 0 Å². The van der Waals surface area contributed by atoms with Crippen LogP contribution in [-0.4, -0.2) is 46.1 Å². The van der Waals surface area contributed by atoms with Gasteiger partial charge in [-0.1, -0.05) is 12.1 Å². The summed E-state index contributed by atoms with van der Waals surface area (Å²) < 4.78 is 32.6. The van der Waals surface area contributed by atoms with E-state index in [4.69, 9.17) is 4.74 Å². The molecular formula is C15H24N2O3S. The van der Waals surface area contributed by atoms with Gasteiger partial charge in [-0.25, -0.2) is 8.42 Å². The highest BCUT2D eigenvalue weighted by Gasteiger charge is 2.30. The van der Waals surface area contributed by atoms with E-state index in [1.807, 2.05) is 26.1 Å². The number of hydrogen-bond acceptors (Lipinski definition) is 4. The van der Waals surface area contributed by atoms with Crippen LogP contribution in [0.2, 0.25) is 0 Å². The smallest absolute Gasteiger partial charge is 0.243 e. The Morgan fingerprint density at radius 2 is 2.00 bits per heavy atom. The van der Waals surface area contributed by atoms with Crippen molar-refractivity contribution in [1.82, 2.24) is 9.62 Å². The van der Waals surface area contributed by atoms with Crippen molar-refractivity contribution < 1.29 is 13.2 Å². The van der Waals surface area contributed by atoms with Gasteiger partial charge in [0, 0.05) is 32.8 Å². The van der Waals surface area contributed by atoms with E-state index < -0.39 is 10.0 Å². The SMILES string of the molecule is CNCc1ccc(C)c(S(=O)(=O)N(C)C2CCOCC2)c1. The third-order valence-electron chi connectivity index (χ3n) is 4.00. The van der Waals surface area contributed by atoms with E-state index in [1.54, 1.807) is 13.1 Å². The molecule has 21 heavy (non-hydrogen) atoms. The van der Waals surface area contributed by atoms with E-state index in [1.165, 1.54) is 4.31 Å². The lowest BCUT2D eigenvalue weighted by Crippen LogP contribution is -2.40. The minimum atomic E-state index is -3.46. The Labute approximate surface area is 127 Å². The van der Waals surface area contributed by atoms with Crippen molar-refractivity contribution in [1.29, 1.82) is 0 Å². The second kappa shape index (κ2) is 6.87. The number of ether oxygens (including phenoxy) is 1. The first-order chi connectivity index (χ1) is 9.96. The van der Waals surface area contributed by atoms with Crippen molar-refractivity contribution in [2.24, 2.45) is 0 Å². The van der Waals surface area contributed by atoms with Crippen LogP contribution in [-0.2, 0) is 21.3 Å². The first-order valence-electron chi connectivity index (χ1n) is 7.26. The standard InChI is InChI=1S/C15H24N2O3S/c1-12-4-5-13(11-16-2)10-15(12)21(18,19)17(3)14-6-8-20-9-7-14/h4-5,10,14,16H,6-9,11H2,1-3H3. The molecule has 0 radical (unpaired) electrons. The lowest BCUT2D eigenvalue weighted by atomic mass is 10.1. The summed E-state index contributed by atoms with van der Waals surface area (Å²) in [7, 11) is 0.0654. The van der Waals surface area contributed by atoms with Crippen molar-refractivity contribution in [3.05, 3.63) is 29.3 Å². The average molecular weight is 312 g/mol. The molecule has 1 heterocycles. The van der Waals surface area contributed by atoms with Gasteiger partial charge >= 0.3 is 0 Å². The van der Waals surface area contributed by atoms with Crippen LogP contribution < -0.4 is 5.32 Å². The van der Waals surface area contributed by atoms with Gasteiger partial charge in [0.15, 0.2) is 0 Å². The summed E-state index contributed by atoms with van der Waals surface area (Å²) in [6, 6.07) is 5.63. The maximum Gasteiger partial charge on any atom is 0.243 e. The maximum atomic E-state index is 12.9. The quantitative estimate of drug-likeness (QED) is 0.895. The summed E-state index contributed by atoms with van der Waals surface area (Å²) in [5.41, 5.74) is 1.76. The van der Waals surface area contributed by atoms with Gasteiger partial charge in [-0.2, -0.15) is 4.31 Å². The number of sulfonamides is 1. The fraction of sp³-hybridized carbons (Fsp3) is 0.600. The Morgan fingerprint density at radius 3 is 2.62 bits per heavy atom. The predicted octanol–water partition coefficient (Wildman–Crippen LogP) is 1.51. The minimum Gasteiger partial charge on any atom is -0.381 e. The number of hydrogen-bond donors (Lipinski definition) is 1. The van der Waals surface area contributed by atoms with E-state index in [0.29, 0.717) is 24.7 Å². The lowest BCUT2D eigenvalue weighted by Gasteiger charge is -2.30. The number of benzene rings is 1. The molecule has 2 rings (SSSR count). The van der Waals surface area contributed by atoms with E-state index >= 15 is 0 Å². The number of aryl methyl sites for hydroxylation is 1. The summed E-state index contributed by atoms with van der Waals surface area (Å²) in [5, 5.41) is 3.05. The van der Waals surface area contributed by atoms with Gasteiger partial charge in [0.05, 0.1) is 4.90 Å². The Bertz CT molecular complexity index is 581. The molecule has 1 aliphatic rings. The normalized spacial score (nSPS) is 17.3. The van der Waals surface area contributed by atoms with Crippen LogP contribution in [0.15, 0.2) is 23.1 Å². The molecule has 0 saturated carbocycles. The molecule has 1 aromatic carbocycles. The van der Waals surface area contributed by atoms with E-state index in [9.17, 15) is 8.42 Å². The molecule has 1 N–H and O–H groups in total. The second-order valence-corrected chi connectivity index (χ2v) is 7.46. The topological polar surface area (TPSA) is 58.6 Å². The highest BCUT2D eigenvalue weighted by Crippen LogP contribution is 2.25. The van der Waals surface area contributed by atoms with Crippen LogP contribution in [0.3, 0.4) is 0 Å². The highest BCUT2D eigenvalue weighted by atomic mass is 32.2. The zero-order chi connectivity index (χ0) is 15.5. The molecule has 0 aliphatic carbocycles. The van der Waals surface area contributed by atoms with Gasteiger partial charge in [-0.05, 0) is 44.0 Å². The summed E-state index contributed by atoms with van der Waals surface area (Å²) in [6.07, 6.45) is 1.51. The Balaban J connectivity index is 2.31. The van der Waals surface area contributed by atoms with Crippen molar-refractivity contribution in [2.45, 2.75) is 37.2 Å². The van der Waals surface area contributed by atoms with Crippen molar-refractivity contribution >= 4 is 10.0 Å². The summed E-state index contributed by atoms with van der Waals surface area (Å²) in [4.78, 5) is 0.407. The summed E-state index contributed by atoms with van der Waals surface area (Å²) in [5.74, 6) is 0. The molecule has 0 aromatic heterocycles. The maximum absolute atomic E-state index is 12.9. The first-order valence-corrected chi connectivity index (χ1v) is 8.70. The van der Waals surface area contributed by atoms with Gasteiger partial charge in [0.2, 0.25) is 10.0 Å². The van der Waals surface area contributed by atoms with E-state index in [0.717, 1.165) is 24.0 Å². The van der Waals surface area contributed by atoms with Crippen molar-refractivity contribution in [3.8, 4) is 0 Å². The largest absolute Gasteiger partial charge is 0.381 e. The van der Waals surface area contributed by atoms with E-state index in [2.05, 4.69) is 5.32 Å². The molecule has 0 spiro atoms. The van der Waals surface area contributed by atoms with Crippen LogP contribution in [0.1, 0.15) is 24.0 Å². The number of nitrogens with one attached hydrogen (secondary N) is 1. The van der Waals surface area contributed by atoms with Gasteiger partial charge in [-0.15, -0.1) is 0 Å². The van der Waals surface area contributed by atoms with E-state index in [-0.39, 0.29) is 6.04 Å².